The molecule has 4 rings (SSSR count). The fourth-order valence-electron chi connectivity index (χ4n) is 3.82. The van der Waals surface area contributed by atoms with Crippen molar-refractivity contribution in [2.75, 3.05) is 18.4 Å². The predicted octanol–water partition coefficient (Wildman–Crippen LogP) is 2.87. The normalized spacial score (nSPS) is 13.3. The van der Waals surface area contributed by atoms with Crippen LogP contribution in [0.15, 0.2) is 47.3 Å². The van der Waals surface area contributed by atoms with Crippen LogP contribution in [0.25, 0.3) is 10.9 Å². The number of para-hydroxylation sites is 2. The molecular formula is C22H23N5O4. The number of rotatable bonds is 6. The average molecular weight is 421 g/mol. The number of nitrogens with zero attached hydrogens (tertiary/aromatic N) is 3. The van der Waals surface area contributed by atoms with Gasteiger partial charge in [-0.25, -0.2) is 4.98 Å². The van der Waals surface area contributed by atoms with Gasteiger partial charge in [0, 0.05) is 37.7 Å². The number of anilines is 1. The number of aromatic nitrogens is 2. The fourth-order valence-corrected chi connectivity index (χ4v) is 3.82. The smallest absolute Gasteiger partial charge is 0.292 e. The molecule has 0 bridgehead atoms. The zero-order chi connectivity index (χ0) is 21.8. The largest absolute Gasteiger partial charge is 0.378 e. The van der Waals surface area contributed by atoms with Crippen molar-refractivity contribution in [3.05, 3.63) is 74.3 Å². The Hall–Kier alpha value is -3.75. The van der Waals surface area contributed by atoms with E-state index in [0.29, 0.717) is 35.2 Å². The Labute approximate surface area is 178 Å². The van der Waals surface area contributed by atoms with Crippen molar-refractivity contribution in [1.29, 1.82) is 0 Å². The summed E-state index contributed by atoms with van der Waals surface area (Å²) in [5.74, 6) is 0.490. The molecule has 0 unspecified atom stereocenters. The van der Waals surface area contributed by atoms with Crippen LogP contribution in [0, 0.1) is 10.1 Å². The van der Waals surface area contributed by atoms with Crippen LogP contribution in [0.4, 0.5) is 11.4 Å². The van der Waals surface area contributed by atoms with Crippen LogP contribution in [0.1, 0.15) is 35.4 Å². The maximum absolute atomic E-state index is 12.8. The van der Waals surface area contributed by atoms with Gasteiger partial charge in [0.15, 0.2) is 0 Å². The van der Waals surface area contributed by atoms with Gasteiger partial charge in [-0.05, 0) is 37.1 Å². The number of carbonyl (C=O) groups excluding carboxylic acids is 1. The minimum Gasteiger partial charge on any atom is -0.378 e. The predicted molar refractivity (Wildman–Crippen MR) is 117 cm³/mol. The molecule has 31 heavy (non-hydrogen) atoms. The summed E-state index contributed by atoms with van der Waals surface area (Å²) in [5.41, 5.74) is 1.28. The van der Waals surface area contributed by atoms with Gasteiger partial charge in [0.1, 0.15) is 11.5 Å². The summed E-state index contributed by atoms with van der Waals surface area (Å²) < 4.78 is 1.75. The van der Waals surface area contributed by atoms with Gasteiger partial charge in [-0.3, -0.25) is 24.3 Å². The summed E-state index contributed by atoms with van der Waals surface area (Å²) in [4.78, 5) is 40.6. The number of benzene rings is 2. The van der Waals surface area contributed by atoms with Gasteiger partial charge in [-0.1, -0.05) is 18.6 Å². The van der Waals surface area contributed by atoms with Gasteiger partial charge in [0.05, 0.1) is 15.8 Å². The van der Waals surface area contributed by atoms with E-state index in [1.165, 1.54) is 6.07 Å². The van der Waals surface area contributed by atoms with Crippen molar-refractivity contribution in [2.45, 2.75) is 32.2 Å². The van der Waals surface area contributed by atoms with E-state index in [1.54, 1.807) is 41.0 Å². The fraction of sp³-hybridized carbons (Fsp3) is 0.318. The van der Waals surface area contributed by atoms with E-state index in [-0.39, 0.29) is 23.7 Å². The molecule has 0 spiro atoms. The van der Waals surface area contributed by atoms with Crippen LogP contribution >= 0.6 is 0 Å². The van der Waals surface area contributed by atoms with Crippen LogP contribution in [-0.2, 0) is 13.0 Å². The van der Waals surface area contributed by atoms with Crippen molar-refractivity contribution in [3.8, 4) is 0 Å². The summed E-state index contributed by atoms with van der Waals surface area (Å²) in [7, 11) is 0. The first-order valence-corrected chi connectivity index (χ1v) is 10.3. The maximum Gasteiger partial charge on any atom is 0.292 e. The number of fused-ring (bicyclic) bond motifs is 2. The molecule has 1 amide bonds. The molecule has 0 fully saturated rings. The lowest BCUT2D eigenvalue weighted by atomic mass is 10.1. The van der Waals surface area contributed by atoms with E-state index in [2.05, 4.69) is 15.6 Å². The monoisotopic (exact) mass is 421 g/mol. The Bertz CT molecular complexity index is 1200. The van der Waals surface area contributed by atoms with E-state index in [4.69, 9.17) is 0 Å². The van der Waals surface area contributed by atoms with E-state index in [1.807, 2.05) is 0 Å². The van der Waals surface area contributed by atoms with Crippen LogP contribution in [0.2, 0.25) is 0 Å². The number of hydrogen-bond acceptors (Lipinski definition) is 6. The second kappa shape index (κ2) is 8.95. The molecule has 1 aliphatic heterocycles. The van der Waals surface area contributed by atoms with Crippen molar-refractivity contribution < 1.29 is 9.72 Å². The second-order valence-electron chi connectivity index (χ2n) is 7.48. The first-order valence-electron chi connectivity index (χ1n) is 10.3. The average Bonchev–Trinajstić information content (AvgIpc) is 3.02. The Morgan fingerprint density at radius 1 is 1.13 bits per heavy atom. The summed E-state index contributed by atoms with van der Waals surface area (Å²) in [5, 5.41) is 17.3. The summed E-state index contributed by atoms with van der Waals surface area (Å²) in [6.07, 6.45) is 3.82. The Balaban J connectivity index is 1.44. The van der Waals surface area contributed by atoms with Crippen molar-refractivity contribution in [3.63, 3.8) is 0 Å². The minimum atomic E-state index is -0.452. The highest BCUT2D eigenvalue weighted by molar-refractivity contribution is 5.97. The van der Waals surface area contributed by atoms with Gasteiger partial charge in [0.25, 0.3) is 17.2 Å². The number of aryl methyl sites for hydroxylation is 1. The molecule has 0 aliphatic carbocycles. The van der Waals surface area contributed by atoms with Gasteiger partial charge in [-0.2, -0.15) is 0 Å². The zero-order valence-electron chi connectivity index (χ0n) is 17.0. The topological polar surface area (TPSA) is 119 Å². The second-order valence-corrected chi connectivity index (χ2v) is 7.48. The Kier molecular flexibility index (Phi) is 5.92. The lowest BCUT2D eigenvalue weighted by Gasteiger charge is -2.11. The van der Waals surface area contributed by atoms with Crippen molar-refractivity contribution in [1.82, 2.24) is 14.9 Å². The number of carbonyl (C=O) groups is 1. The Morgan fingerprint density at radius 2 is 1.97 bits per heavy atom. The first-order chi connectivity index (χ1) is 15.0. The lowest BCUT2D eigenvalue weighted by Crippen LogP contribution is -2.29. The van der Waals surface area contributed by atoms with Gasteiger partial charge in [0.2, 0.25) is 0 Å². The number of hydrogen-bond donors (Lipinski definition) is 2. The SMILES string of the molecule is O=C(NCCNc1ccccc1[N+](=O)[O-])c1ccc2c(=O)n3c(nc2c1)CCCCC3. The number of nitro groups is 1. The molecule has 0 atom stereocenters. The van der Waals surface area contributed by atoms with Gasteiger partial charge >= 0.3 is 0 Å². The highest BCUT2D eigenvalue weighted by Gasteiger charge is 2.15. The summed E-state index contributed by atoms with van der Waals surface area (Å²) in [6, 6.07) is 11.3. The minimum absolute atomic E-state index is 0.0140. The van der Waals surface area contributed by atoms with Crippen LogP contribution in [-0.4, -0.2) is 33.5 Å². The molecule has 2 heterocycles. The third-order valence-corrected chi connectivity index (χ3v) is 5.41. The molecule has 3 aromatic rings. The molecule has 1 aromatic heterocycles. The Morgan fingerprint density at radius 3 is 2.81 bits per heavy atom. The molecule has 1 aliphatic rings. The molecule has 9 nitrogen and oxygen atoms in total. The van der Waals surface area contributed by atoms with E-state index >= 15 is 0 Å². The molecule has 0 radical (unpaired) electrons. The van der Waals surface area contributed by atoms with Crippen molar-refractivity contribution in [2.24, 2.45) is 0 Å². The van der Waals surface area contributed by atoms with E-state index in [0.717, 1.165) is 31.5 Å². The number of nitrogens with one attached hydrogen (secondary N) is 2. The maximum atomic E-state index is 12.8. The highest BCUT2D eigenvalue weighted by Crippen LogP contribution is 2.22. The number of amides is 1. The summed E-state index contributed by atoms with van der Waals surface area (Å²) >= 11 is 0. The van der Waals surface area contributed by atoms with Gasteiger partial charge in [-0.15, -0.1) is 0 Å². The van der Waals surface area contributed by atoms with Gasteiger partial charge < -0.3 is 10.6 Å². The van der Waals surface area contributed by atoms with E-state index < -0.39 is 4.92 Å². The molecule has 160 valence electrons. The number of nitro benzene ring substituents is 1. The molecule has 9 heteroatoms. The van der Waals surface area contributed by atoms with Crippen LogP contribution < -0.4 is 16.2 Å². The van der Waals surface area contributed by atoms with Crippen LogP contribution in [0.3, 0.4) is 0 Å². The third kappa shape index (κ3) is 4.40. The van der Waals surface area contributed by atoms with Crippen LogP contribution in [0.5, 0.6) is 0 Å². The molecule has 0 saturated heterocycles. The van der Waals surface area contributed by atoms with Crippen molar-refractivity contribution >= 4 is 28.2 Å². The third-order valence-electron chi connectivity index (χ3n) is 5.41. The first kappa shape index (κ1) is 20.5. The lowest BCUT2D eigenvalue weighted by molar-refractivity contribution is -0.384. The molecule has 0 saturated carbocycles. The molecule has 2 aromatic carbocycles. The zero-order valence-corrected chi connectivity index (χ0v) is 17.0. The highest BCUT2D eigenvalue weighted by atomic mass is 16.6. The molecule has 2 N–H and O–H groups in total. The standard InChI is InChI=1S/C22H23N5O4/c28-21(24-12-11-23-17-6-3-4-7-19(17)27(30)31)15-9-10-16-18(14-15)25-20-8-2-1-5-13-26(20)22(16)29/h3-4,6-7,9-10,14,23H,1-2,5,8,11-13H2,(H,24,28). The summed E-state index contributed by atoms with van der Waals surface area (Å²) in [6.45, 7) is 1.30. The molecular weight excluding hydrogens is 398 g/mol. The quantitative estimate of drug-likeness (QED) is 0.359. The van der Waals surface area contributed by atoms with E-state index in [9.17, 15) is 19.7 Å².